The molecule has 0 aliphatic carbocycles. The van der Waals surface area contributed by atoms with Gasteiger partial charge in [0.2, 0.25) is 0 Å². The van der Waals surface area contributed by atoms with E-state index in [4.69, 9.17) is 29.4 Å². The molecule has 0 aliphatic heterocycles. The molecule has 2 N–H and O–H groups in total. The van der Waals surface area contributed by atoms with Crippen molar-refractivity contribution >= 4 is 79.5 Å². The number of rotatable bonds is 20. The SMILES string of the molecule is COc1cccc(N(c2ccccc2)c2ccc(-c3nc4nc(-c5ccc(N(c6ccccc6)c6cccc(CO)c6)cc5)c(-c5ccc(N(c6ccccc6)c6cccc(CO)c6)cc5)nc4nc3-c3ccc(N(c4ccccc4)c4cccc(OC)c4)cc3)cc2)c1. The molecule has 12 aromatic carbocycles. The average molecular weight is 1230 g/mol. The maximum Gasteiger partial charge on any atom is 0.199 e. The van der Waals surface area contributed by atoms with Crippen LogP contribution in [0, 0.1) is 0 Å². The summed E-state index contributed by atoms with van der Waals surface area (Å²) in [7, 11) is 3.36. The number of nitrogens with zero attached hydrogens (tertiary/aromatic N) is 8. The van der Waals surface area contributed by atoms with Gasteiger partial charge in [-0.25, -0.2) is 19.9 Å². The fourth-order valence-electron chi connectivity index (χ4n) is 11.9. The largest absolute Gasteiger partial charge is 0.497 e. The summed E-state index contributed by atoms with van der Waals surface area (Å²) in [6.45, 7) is -0.166. The number of benzene rings is 12. The summed E-state index contributed by atoms with van der Waals surface area (Å²) in [5.74, 6) is 1.50. The Bertz CT molecular complexity index is 4280. The molecular weight excluding hydrogens is 1160 g/mol. The average Bonchev–Trinajstić information content (AvgIpc) is 0.794. The van der Waals surface area contributed by atoms with Gasteiger partial charge in [-0.3, -0.25) is 0 Å². The molecule has 14 rings (SSSR count). The van der Waals surface area contributed by atoms with Crippen LogP contribution in [0.2, 0.25) is 0 Å². The van der Waals surface area contributed by atoms with Crippen LogP contribution in [0.3, 0.4) is 0 Å². The van der Waals surface area contributed by atoms with Crippen LogP contribution in [-0.2, 0) is 13.2 Å². The number of anilines is 12. The lowest BCUT2D eigenvalue weighted by Crippen LogP contribution is -2.10. The molecule has 12 nitrogen and oxygen atoms in total. The van der Waals surface area contributed by atoms with Gasteiger partial charge in [0.1, 0.15) is 11.5 Å². The second-order valence-electron chi connectivity index (χ2n) is 22.4. The third-order valence-corrected chi connectivity index (χ3v) is 16.5. The number of ether oxygens (including phenoxy) is 2. The lowest BCUT2D eigenvalue weighted by atomic mass is 10.0. The highest BCUT2D eigenvalue weighted by Gasteiger charge is 2.24. The van der Waals surface area contributed by atoms with Gasteiger partial charge >= 0.3 is 0 Å². The van der Waals surface area contributed by atoms with E-state index in [0.29, 0.717) is 34.1 Å². The predicted octanol–water partition coefficient (Wildman–Crippen LogP) is 20.0. The third-order valence-electron chi connectivity index (χ3n) is 16.5. The minimum Gasteiger partial charge on any atom is -0.497 e. The first kappa shape index (κ1) is 59.4. The number of para-hydroxylation sites is 4. The van der Waals surface area contributed by atoms with Crippen molar-refractivity contribution in [3.8, 4) is 56.5 Å². The Morgan fingerprint density at radius 3 is 0.713 bits per heavy atom. The second-order valence-corrected chi connectivity index (χ2v) is 22.4. The Kier molecular flexibility index (Phi) is 17.1. The Labute approximate surface area is 546 Å². The number of aliphatic hydroxyl groups is 2. The molecule has 0 saturated carbocycles. The van der Waals surface area contributed by atoms with E-state index in [2.05, 4.69) is 177 Å². The van der Waals surface area contributed by atoms with Crippen molar-refractivity contribution in [2.45, 2.75) is 13.2 Å². The summed E-state index contributed by atoms with van der Waals surface area (Å²) in [5.41, 5.74) is 19.3. The van der Waals surface area contributed by atoms with Gasteiger partial charge in [-0.2, -0.15) is 0 Å². The van der Waals surface area contributed by atoms with Gasteiger partial charge in [-0.1, -0.05) is 158 Å². The summed E-state index contributed by atoms with van der Waals surface area (Å²) >= 11 is 0. The number of aromatic nitrogens is 4. The van der Waals surface area contributed by atoms with Gasteiger partial charge in [-0.05, 0) is 157 Å². The minimum absolute atomic E-state index is 0.0830. The van der Waals surface area contributed by atoms with E-state index in [9.17, 15) is 10.2 Å². The molecule has 12 heteroatoms. The minimum atomic E-state index is -0.0830. The zero-order chi connectivity index (χ0) is 63.7. The van der Waals surface area contributed by atoms with Gasteiger partial charge < -0.3 is 39.3 Å². The molecule has 0 spiro atoms. The van der Waals surface area contributed by atoms with Crippen molar-refractivity contribution in [3.05, 3.63) is 327 Å². The summed E-state index contributed by atoms with van der Waals surface area (Å²) < 4.78 is 11.4. The molecule has 0 radical (unpaired) electrons. The molecular formula is C82H64N8O4. The van der Waals surface area contributed by atoms with Crippen LogP contribution in [0.25, 0.3) is 56.3 Å². The Hall–Kier alpha value is -12.2. The summed E-state index contributed by atoms with van der Waals surface area (Å²) in [6, 6.07) is 106. The van der Waals surface area contributed by atoms with E-state index in [1.807, 2.05) is 158 Å². The van der Waals surface area contributed by atoms with Crippen molar-refractivity contribution in [2.75, 3.05) is 33.8 Å². The van der Waals surface area contributed by atoms with Crippen LogP contribution in [0.4, 0.5) is 68.2 Å². The molecule has 0 bridgehead atoms. The topological polar surface area (TPSA) is 123 Å². The lowest BCUT2D eigenvalue weighted by molar-refractivity contribution is 0.281. The van der Waals surface area contributed by atoms with Crippen molar-refractivity contribution < 1.29 is 19.7 Å². The van der Waals surface area contributed by atoms with E-state index >= 15 is 0 Å². The van der Waals surface area contributed by atoms with Gasteiger partial charge in [-0.15, -0.1) is 0 Å². The lowest BCUT2D eigenvalue weighted by Gasteiger charge is -2.26. The summed E-state index contributed by atoms with van der Waals surface area (Å²) in [6.07, 6.45) is 0. The van der Waals surface area contributed by atoms with Crippen LogP contribution in [0.15, 0.2) is 315 Å². The molecule has 14 aromatic rings. The van der Waals surface area contributed by atoms with Gasteiger partial charge in [0.25, 0.3) is 0 Å². The highest BCUT2D eigenvalue weighted by atomic mass is 16.5. The Balaban J connectivity index is 0.949. The Morgan fingerprint density at radius 1 is 0.245 bits per heavy atom. The maximum atomic E-state index is 10.2. The first-order valence-corrected chi connectivity index (χ1v) is 31.0. The third kappa shape index (κ3) is 12.4. The number of aliphatic hydroxyl groups excluding tert-OH is 2. The summed E-state index contributed by atoms with van der Waals surface area (Å²) in [5, 5.41) is 20.5. The van der Waals surface area contributed by atoms with Crippen LogP contribution in [0.5, 0.6) is 11.5 Å². The van der Waals surface area contributed by atoms with E-state index in [1.54, 1.807) is 14.2 Å². The number of hydrogen-bond acceptors (Lipinski definition) is 12. The first-order chi connectivity index (χ1) is 46.4. The highest BCUT2D eigenvalue weighted by molar-refractivity contribution is 5.91. The van der Waals surface area contributed by atoms with Gasteiger partial charge in [0.15, 0.2) is 11.3 Å². The van der Waals surface area contributed by atoms with E-state index in [1.165, 1.54) is 0 Å². The first-order valence-electron chi connectivity index (χ1n) is 31.0. The van der Waals surface area contributed by atoms with Gasteiger partial charge in [0, 0.05) is 103 Å². The Morgan fingerprint density at radius 2 is 0.468 bits per heavy atom. The van der Waals surface area contributed by atoms with Crippen LogP contribution in [0.1, 0.15) is 11.1 Å². The maximum absolute atomic E-state index is 10.2. The van der Waals surface area contributed by atoms with E-state index in [0.717, 1.165) is 113 Å². The fourth-order valence-corrected chi connectivity index (χ4v) is 11.9. The zero-order valence-electron chi connectivity index (χ0n) is 51.7. The molecule has 0 fully saturated rings. The standard InChI is InChI=1S/C82H64N8O4/c1-93-75-33-17-31-73(53-75)89(65-25-11-5-12-26-65)69-47-39-61(40-48-69)79-80(62-41-49-70(50-42-62)90(66-27-13-6-14-28-66)74-32-18-34-76(54-74)94-2)86-82-81(85-79)83-77(59-35-43-67(44-36-59)87(63-21-7-3-8-22-63)71-29-15-19-57(51-71)55-91)78(84-82)60-37-45-68(46-38-60)88(64-23-9-4-10-24-64)72-30-16-20-58(52-72)56-92/h3-54,91-92H,55-56H2,1-2H3. The van der Waals surface area contributed by atoms with Crippen molar-refractivity contribution in [1.82, 2.24) is 19.9 Å². The summed E-state index contributed by atoms with van der Waals surface area (Å²) in [4.78, 5) is 30.9. The molecule has 94 heavy (non-hydrogen) atoms. The number of methoxy groups -OCH3 is 2. The molecule has 0 saturated heterocycles. The van der Waals surface area contributed by atoms with Crippen molar-refractivity contribution in [1.29, 1.82) is 0 Å². The molecule has 0 atom stereocenters. The highest BCUT2D eigenvalue weighted by Crippen LogP contribution is 2.44. The van der Waals surface area contributed by atoms with Crippen LogP contribution >= 0.6 is 0 Å². The fraction of sp³-hybridized carbons (Fsp3) is 0.0488. The van der Waals surface area contributed by atoms with Crippen LogP contribution < -0.4 is 29.1 Å². The predicted molar refractivity (Wildman–Crippen MR) is 381 cm³/mol. The van der Waals surface area contributed by atoms with E-state index < -0.39 is 0 Å². The molecule has 0 aliphatic rings. The molecule has 0 amide bonds. The van der Waals surface area contributed by atoms with Crippen molar-refractivity contribution in [3.63, 3.8) is 0 Å². The quantitative estimate of drug-likeness (QED) is 0.0755. The zero-order valence-corrected chi connectivity index (χ0v) is 51.7. The van der Waals surface area contributed by atoms with Gasteiger partial charge in [0.05, 0.1) is 50.2 Å². The van der Waals surface area contributed by atoms with Crippen LogP contribution in [-0.4, -0.2) is 44.4 Å². The number of fused-ring (bicyclic) bond motifs is 1. The molecule has 2 heterocycles. The number of hydrogen-bond donors (Lipinski definition) is 2. The second kappa shape index (κ2) is 27.1. The van der Waals surface area contributed by atoms with E-state index in [-0.39, 0.29) is 13.2 Å². The molecule has 456 valence electrons. The molecule has 0 unspecified atom stereocenters. The normalized spacial score (nSPS) is 11.1. The smallest absolute Gasteiger partial charge is 0.199 e. The monoisotopic (exact) mass is 1220 g/mol. The van der Waals surface area contributed by atoms with Crippen molar-refractivity contribution in [2.24, 2.45) is 0 Å². The molecule has 2 aromatic heterocycles.